The summed E-state index contributed by atoms with van der Waals surface area (Å²) in [5.41, 5.74) is 8.90. The number of carbonyl (C=O) groups is 1. The average molecular weight is 280 g/mol. The molecule has 2 rings (SSSR count). The van der Waals surface area contributed by atoms with Crippen LogP contribution in [0.25, 0.3) is 0 Å². The molecule has 2 aromatic carbocycles. The van der Waals surface area contributed by atoms with Crippen molar-refractivity contribution in [1.82, 2.24) is 5.32 Å². The van der Waals surface area contributed by atoms with Crippen LogP contribution in [0.15, 0.2) is 48.5 Å². The molecule has 0 fully saturated rings. The Labute approximate surface area is 123 Å². The number of nitrogen functional groups attached to an aromatic ring is 1. The van der Waals surface area contributed by atoms with Crippen molar-refractivity contribution in [3.63, 3.8) is 0 Å². The molecule has 4 N–H and O–H groups in total. The maximum atomic E-state index is 10.7. The summed E-state index contributed by atoms with van der Waals surface area (Å²) in [6.07, 6.45) is -1.06. The average Bonchev–Trinajstić information content (AvgIpc) is 2.46. The van der Waals surface area contributed by atoms with E-state index in [1.54, 1.807) is 19.1 Å². The number of anilines is 1. The van der Waals surface area contributed by atoms with Crippen molar-refractivity contribution in [2.45, 2.75) is 13.0 Å². The predicted octanol–water partition coefficient (Wildman–Crippen LogP) is 3.00. The van der Waals surface area contributed by atoms with Crippen LogP contribution in [-0.4, -0.2) is 11.2 Å². The van der Waals surface area contributed by atoms with Crippen molar-refractivity contribution >= 4 is 11.8 Å². The van der Waals surface area contributed by atoms with Crippen LogP contribution in [0.5, 0.6) is 0 Å². The molecule has 0 aliphatic rings. The number of benzene rings is 2. The van der Waals surface area contributed by atoms with Gasteiger partial charge in [0.05, 0.1) is 6.04 Å². The summed E-state index contributed by atoms with van der Waals surface area (Å²) in [5.74, 6) is 6.07. The zero-order valence-corrected chi connectivity index (χ0v) is 11.6. The van der Waals surface area contributed by atoms with E-state index in [-0.39, 0.29) is 6.04 Å². The van der Waals surface area contributed by atoms with E-state index < -0.39 is 6.09 Å². The number of nitrogens with two attached hydrogens (primary N) is 1. The molecule has 0 bridgehead atoms. The molecule has 1 unspecified atom stereocenters. The van der Waals surface area contributed by atoms with Gasteiger partial charge in [0, 0.05) is 16.8 Å². The fraction of sp³-hybridized carbons (Fsp3) is 0.118. The number of nitrogens with one attached hydrogen (secondary N) is 1. The third-order valence-corrected chi connectivity index (χ3v) is 3.03. The first-order valence-corrected chi connectivity index (χ1v) is 6.52. The van der Waals surface area contributed by atoms with Crippen LogP contribution < -0.4 is 11.1 Å². The quantitative estimate of drug-likeness (QED) is 0.584. The van der Waals surface area contributed by atoms with Gasteiger partial charge in [-0.25, -0.2) is 4.79 Å². The Morgan fingerprint density at radius 1 is 1.19 bits per heavy atom. The van der Waals surface area contributed by atoms with Gasteiger partial charge in [-0.05, 0) is 36.8 Å². The largest absolute Gasteiger partial charge is 0.465 e. The van der Waals surface area contributed by atoms with E-state index >= 15 is 0 Å². The predicted molar refractivity (Wildman–Crippen MR) is 82.9 cm³/mol. The molecule has 0 saturated carbocycles. The van der Waals surface area contributed by atoms with Crippen molar-refractivity contribution in [3.8, 4) is 11.8 Å². The van der Waals surface area contributed by atoms with Gasteiger partial charge in [0.1, 0.15) is 0 Å². The lowest BCUT2D eigenvalue weighted by atomic mass is 10.0. The maximum absolute atomic E-state index is 10.7. The van der Waals surface area contributed by atoms with E-state index in [2.05, 4.69) is 17.2 Å². The van der Waals surface area contributed by atoms with Gasteiger partial charge in [0.25, 0.3) is 0 Å². The SMILES string of the molecule is CC(NC(=O)O)c1ccc(N)c(C#Cc2ccccc2)c1. The van der Waals surface area contributed by atoms with Crippen molar-refractivity contribution in [2.24, 2.45) is 0 Å². The minimum Gasteiger partial charge on any atom is -0.465 e. The fourth-order valence-corrected chi connectivity index (χ4v) is 1.88. The Hall–Kier alpha value is -2.93. The van der Waals surface area contributed by atoms with Crippen molar-refractivity contribution in [3.05, 3.63) is 65.2 Å². The van der Waals surface area contributed by atoms with E-state index in [1.807, 2.05) is 36.4 Å². The van der Waals surface area contributed by atoms with E-state index in [0.717, 1.165) is 11.1 Å². The molecule has 0 aromatic heterocycles. The summed E-state index contributed by atoms with van der Waals surface area (Å²) in [6, 6.07) is 14.6. The summed E-state index contributed by atoms with van der Waals surface area (Å²) < 4.78 is 0. The molecule has 0 heterocycles. The summed E-state index contributed by atoms with van der Waals surface area (Å²) in [4.78, 5) is 10.7. The van der Waals surface area contributed by atoms with Gasteiger partial charge in [0.15, 0.2) is 0 Å². The van der Waals surface area contributed by atoms with Gasteiger partial charge in [0.2, 0.25) is 0 Å². The summed E-state index contributed by atoms with van der Waals surface area (Å²) in [5, 5.41) is 11.2. The molecule has 1 amide bonds. The number of hydrogen-bond acceptors (Lipinski definition) is 2. The van der Waals surface area contributed by atoms with Crippen molar-refractivity contribution < 1.29 is 9.90 Å². The second kappa shape index (κ2) is 6.49. The molecule has 2 aromatic rings. The fourth-order valence-electron chi connectivity index (χ4n) is 1.88. The Morgan fingerprint density at radius 3 is 2.57 bits per heavy atom. The highest BCUT2D eigenvalue weighted by Gasteiger charge is 2.09. The molecule has 106 valence electrons. The molecule has 0 aliphatic heterocycles. The lowest BCUT2D eigenvalue weighted by Crippen LogP contribution is -2.24. The van der Waals surface area contributed by atoms with Crippen LogP contribution in [-0.2, 0) is 0 Å². The summed E-state index contributed by atoms with van der Waals surface area (Å²) in [6.45, 7) is 1.77. The van der Waals surface area contributed by atoms with Crippen LogP contribution >= 0.6 is 0 Å². The standard InChI is InChI=1S/C17H16N2O2/c1-12(19-17(20)21)14-9-10-16(18)15(11-14)8-7-13-5-3-2-4-6-13/h2-6,9-12,19H,18H2,1H3,(H,20,21). The first kappa shape index (κ1) is 14.5. The Kier molecular flexibility index (Phi) is 4.47. The number of hydrogen-bond donors (Lipinski definition) is 3. The highest BCUT2D eigenvalue weighted by Crippen LogP contribution is 2.18. The van der Waals surface area contributed by atoms with Crippen LogP contribution in [0.3, 0.4) is 0 Å². The van der Waals surface area contributed by atoms with E-state index in [4.69, 9.17) is 10.8 Å². The van der Waals surface area contributed by atoms with E-state index in [0.29, 0.717) is 11.3 Å². The topological polar surface area (TPSA) is 75.3 Å². The smallest absolute Gasteiger partial charge is 0.405 e. The molecule has 4 heteroatoms. The second-order valence-electron chi connectivity index (χ2n) is 4.63. The minimum absolute atomic E-state index is 0.319. The highest BCUT2D eigenvalue weighted by atomic mass is 16.4. The number of amides is 1. The van der Waals surface area contributed by atoms with Gasteiger partial charge in [-0.15, -0.1) is 0 Å². The first-order chi connectivity index (χ1) is 10.1. The normalized spacial score (nSPS) is 11.1. The maximum Gasteiger partial charge on any atom is 0.405 e. The molecule has 0 spiro atoms. The lowest BCUT2D eigenvalue weighted by molar-refractivity contribution is 0.191. The van der Waals surface area contributed by atoms with Gasteiger partial charge < -0.3 is 16.2 Å². The first-order valence-electron chi connectivity index (χ1n) is 6.52. The Balaban J connectivity index is 2.28. The third-order valence-electron chi connectivity index (χ3n) is 3.03. The second-order valence-corrected chi connectivity index (χ2v) is 4.63. The zero-order chi connectivity index (χ0) is 15.2. The molecule has 0 saturated heterocycles. The lowest BCUT2D eigenvalue weighted by Gasteiger charge is -2.12. The molecule has 1 atom stereocenters. The molecule has 0 aliphatic carbocycles. The number of rotatable bonds is 2. The molecule has 0 radical (unpaired) electrons. The van der Waals surface area contributed by atoms with Crippen LogP contribution in [0, 0.1) is 11.8 Å². The Morgan fingerprint density at radius 2 is 1.90 bits per heavy atom. The summed E-state index contributed by atoms with van der Waals surface area (Å²) in [7, 11) is 0. The van der Waals surface area contributed by atoms with Crippen molar-refractivity contribution in [1.29, 1.82) is 0 Å². The zero-order valence-electron chi connectivity index (χ0n) is 11.6. The van der Waals surface area contributed by atoms with Crippen LogP contribution in [0.1, 0.15) is 29.7 Å². The Bertz CT molecular complexity index is 700. The number of carboxylic acid groups (broad SMARTS) is 1. The highest BCUT2D eigenvalue weighted by molar-refractivity contribution is 5.65. The van der Waals surface area contributed by atoms with Crippen molar-refractivity contribution in [2.75, 3.05) is 5.73 Å². The third kappa shape index (κ3) is 4.02. The van der Waals surface area contributed by atoms with Gasteiger partial charge in [-0.3, -0.25) is 0 Å². The van der Waals surface area contributed by atoms with Gasteiger partial charge in [-0.2, -0.15) is 0 Å². The van der Waals surface area contributed by atoms with E-state index in [1.165, 1.54) is 0 Å². The molecular weight excluding hydrogens is 264 g/mol. The van der Waals surface area contributed by atoms with Crippen LogP contribution in [0.4, 0.5) is 10.5 Å². The minimum atomic E-state index is -1.06. The van der Waals surface area contributed by atoms with Crippen LogP contribution in [0.2, 0.25) is 0 Å². The monoisotopic (exact) mass is 280 g/mol. The van der Waals surface area contributed by atoms with Gasteiger partial charge >= 0.3 is 6.09 Å². The van der Waals surface area contributed by atoms with E-state index in [9.17, 15) is 4.79 Å². The molecule has 21 heavy (non-hydrogen) atoms. The summed E-state index contributed by atoms with van der Waals surface area (Å²) >= 11 is 0. The molecule has 4 nitrogen and oxygen atoms in total. The van der Waals surface area contributed by atoms with Gasteiger partial charge in [-0.1, -0.05) is 36.1 Å². The molecular formula is C17H16N2O2.